The van der Waals surface area contributed by atoms with Gasteiger partial charge < -0.3 is 49.0 Å². The number of unbranched alkanes of at least 4 members (excludes halogenated alkanes) is 1. The van der Waals surface area contributed by atoms with Crippen molar-refractivity contribution in [3.63, 3.8) is 0 Å². The number of rotatable bonds is 19. The average molecular weight is 587 g/mol. The number of aliphatic carboxylic acids is 1. The van der Waals surface area contributed by atoms with Gasteiger partial charge in [-0.2, -0.15) is 0 Å². The van der Waals surface area contributed by atoms with Gasteiger partial charge in [-0.1, -0.05) is 30.3 Å². The van der Waals surface area contributed by atoms with Crippen molar-refractivity contribution in [3.8, 4) is 0 Å². The van der Waals surface area contributed by atoms with Gasteiger partial charge in [-0.15, -0.1) is 0 Å². The van der Waals surface area contributed by atoms with E-state index in [4.69, 9.17) is 22.9 Å². The molecule has 0 spiro atoms. The summed E-state index contributed by atoms with van der Waals surface area (Å²) in [5.41, 5.74) is 23.7. The second kappa shape index (κ2) is 18.0. The van der Waals surface area contributed by atoms with Crippen molar-refractivity contribution in [2.75, 3.05) is 13.1 Å². The maximum atomic E-state index is 13.4. The largest absolute Gasteiger partial charge is 0.480 e. The molecule has 13 N–H and O–H groups in total. The highest BCUT2D eigenvalue weighted by atomic mass is 16.4. The van der Waals surface area contributed by atoms with Gasteiger partial charge in [-0.3, -0.25) is 19.4 Å². The van der Waals surface area contributed by atoms with Crippen molar-refractivity contribution in [1.29, 1.82) is 0 Å². The molecule has 0 aliphatic rings. The molecule has 0 bridgehead atoms. The Hall–Kier alpha value is -4.50. The zero-order chi connectivity index (χ0) is 30.9. The molecule has 2 rings (SSSR count). The van der Waals surface area contributed by atoms with Crippen LogP contribution in [0.1, 0.15) is 43.4 Å². The van der Waals surface area contributed by atoms with Crippen LogP contribution in [0.3, 0.4) is 0 Å². The second-order valence-electron chi connectivity index (χ2n) is 9.83. The van der Waals surface area contributed by atoms with Crippen molar-refractivity contribution in [2.45, 2.75) is 69.1 Å². The van der Waals surface area contributed by atoms with Crippen molar-refractivity contribution in [3.05, 3.63) is 54.1 Å². The average Bonchev–Trinajstić information content (AvgIpc) is 3.47. The maximum Gasteiger partial charge on any atom is 0.326 e. The van der Waals surface area contributed by atoms with E-state index in [9.17, 15) is 24.3 Å². The van der Waals surface area contributed by atoms with E-state index in [1.165, 1.54) is 12.5 Å². The summed E-state index contributed by atoms with van der Waals surface area (Å²) in [6.45, 7) is 0.591. The van der Waals surface area contributed by atoms with Crippen LogP contribution in [-0.4, -0.2) is 82.0 Å². The van der Waals surface area contributed by atoms with Gasteiger partial charge in [-0.05, 0) is 50.6 Å². The number of H-pyrrole nitrogens is 1. The van der Waals surface area contributed by atoms with Crippen molar-refractivity contribution in [1.82, 2.24) is 25.9 Å². The van der Waals surface area contributed by atoms with Crippen LogP contribution >= 0.6 is 0 Å². The number of aromatic amines is 1. The first kappa shape index (κ1) is 33.7. The number of hydrogen-bond acceptors (Lipinski definition) is 8. The summed E-state index contributed by atoms with van der Waals surface area (Å²) in [4.78, 5) is 62.1. The molecule has 0 fully saturated rings. The predicted molar refractivity (Wildman–Crippen MR) is 157 cm³/mol. The molecular formula is C27H42N10O5. The molecule has 2 aromatic rings. The number of amides is 3. The number of hydrogen-bond donors (Lipinski definition) is 9. The molecule has 0 saturated heterocycles. The fraction of sp³-hybridized carbons (Fsp3) is 0.481. The lowest BCUT2D eigenvalue weighted by Gasteiger charge is -2.25. The summed E-state index contributed by atoms with van der Waals surface area (Å²) >= 11 is 0. The number of carbonyl (C=O) groups excluding carboxylic acids is 3. The Morgan fingerprint density at radius 1 is 0.881 bits per heavy atom. The molecule has 230 valence electrons. The lowest BCUT2D eigenvalue weighted by atomic mass is 10.0. The molecule has 4 unspecified atom stereocenters. The van der Waals surface area contributed by atoms with Crippen LogP contribution in [0.2, 0.25) is 0 Å². The zero-order valence-corrected chi connectivity index (χ0v) is 23.5. The van der Waals surface area contributed by atoms with E-state index in [1.807, 2.05) is 30.3 Å². The van der Waals surface area contributed by atoms with E-state index in [-0.39, 0.29) is 38.2 Å². The number of benzene rings is 1. The molecule has 1 aromatic carbocycles. The topological polar surface area (TPSA) is 270 Å². The number of nitrogens with zero attached hydrogens (tertiary/aromatic N) is 2. The number of guanidine groups is 1. The van der Waals surface area contributed by atoms with E-state index in [0.29, 0.717) is 31.5 Å². The van der Waals surface area contributed by atoms with Gasteiger partial charge in [0.15, 0.2) is 5.96 Å². The molecule has 15 nitrogen and oxygen atoms in total. The molecule has 1 aromatic heterocycles. The Morgan fingerprint density at radius 2 is 1.52 bits per heavy atom. The number of aromatic nitrogens is 2. The minimum absolute atomic E-state index is 0.00506. The zero-order valence-electron chi connectivity index (χ0n) is 23.5. The van der Waals surface area contributed by atoms with Crippen LogP contribution in [0.5, 0.6) is 0 Å². The molecule has 0 aliphatic heterocycles. The van der Waals surface area contributed by atoms with E-state index in [1.54, 1.807) is 0 Å². The molecule has 0 aliphatic carbocycles. The first-order valence-corrected chi connectivity index (χ1v) is 13.8. The van der Waals surface area contributed by atoms with Crippen LogP contribution in [-0.2, 0) is 32.0 Å². The second-order valence-corrected chi connectivity index (χ2v) is 9.83. The fourth-order valence-electron chi connectivity index (χ4n) is 4.13. The number of carboxylic acids is 1. The number of nitrogens with two attached hydrogens (primary N) is 4. The smallest absolute Gasteiger partial charge is 0.326 e. The Bertz CT molecular complexity index is 1160. The summed E-state index contributed by atoms with van der Waals surface area (Å²) < 4.78 is 0. The quantitative estimate of drug-likeness (QED) is 0.0508. The molecule has 4 atom stereocenters. The highest BCUT2D eigenvalue weighted by Gasteiger charge is 2.30. The molecule has 0 radical (unpaired) electrons. The number of carboxylic acid groups (broad SMARTS) is 1. The lowest BCUT2D eigenvalue weighted by molar-refractivity contribution is -0.142. The highest BCUT2D eigenvalue weighted by Crippen LogP contribution is 2.08. The van der Waals surface area contributed by atoms with Gasteiger partial charge in [0.2, 0.25) is 17.7 Å². The third-order valence-corrected chi connectivity index (χ3v) is 6.39. The Balaban J connectivity index is 2.15. The lowest BCUT2D eigenvalue weighted by Crippen LogP contribution is -2.57. The molecule has 1 heterocycles. The third kappa shape index (κ3) is 12.3. The summed E-state index contributed by atoms with van der Waals surface area (Å²) in [5, 5.41) is 17.5. The normalized spacial score (nSPS) is 13.7. The number of nitrogens with one attached hydrogen (secondary N) is 4. The van der Waals surface area contributed by atoms with E-state index in [2.05, 4.69) is 30.9 Å². The molecular weight excluding hydrogens is 544 g/mol. The third-order valence-electron chi connectivity index (χ3n) is 6.39. The van der Waals surface area contributed by atoms with Crippen LogP contribution < -0.4 is 38.9 Å². The van der Waals surface area contributed by atoms with Crippen LogP contribution in [0, 0.1) is 0 Å². The highest BCUT2D eigenvalue weighted by molar-refractivity contribution is 5.94. The minimum atomic E-state index is -1.25. The molecule has 42 heavy (non-hydrogen) atoms. The van der Waals surface area contributed by atoms with Crippen LogP contribution in [0.4, 0.5) is 0 Å². The Morgan fingerprint density at radius 3 is 2.14 bits per heavy atom. The minimum Gasteiger partial charge on any atom is -0.480 e. The van der Waals surface area contributed by atoms with Gasteiger partial charge in [0, 0.05) is 24.9 Å². The van der Waals surface area contributed by atoms with E-state index < -0.39 is 47.9 Å². The van der Waals surface area contributed by atoms with E-state index in [0.717, 1.165) is 5.56 Å². The first-order valence-electron chi connectivity index (χ1n) is 13.8. The van der Waals surface area contributed by atoms with Crippen molar-refractivity contribution >= 4 is 29.7 Å². The van der Waals surface area contributed by atoms with Gasteiger partial charge in [-0.25, -0.2) is 9.78 Å². The summed E-state index contributed by atoms with van der Waals surface area (Å²) in [7, 11) is 0. The molecule has 3 amide bonds. The van der Waals surface area contributed by atoms with Gasteiger partial charge >= 0.3 is 5.97 Å². The summed E-state index contributed by atoms with van der Waals surface area (Å²) in [5.74, 6) is -3.24. The summed E-state index contributed by atoms with van der Waals surface area (Å²) in [6, 6.07) is 4.90. The first-order chi connectivity index (χ1) is 20.1. The molecule has 15 heteroatoms. The maximum absolute atomic E-state index is 13.4. The van der Waals surface area contributed by atoms with Gasteiger partial charge in [0.05, 0.1) is 12.4 Å². The van der Waals surface area contributed by atoms with Gasteiger partial charge in [0.25, 0.3) is 0 Å². The fourth-order valence-corrected chi connectivity index (χ4v) is 4.13. The summed E-state index contributed by atoms with van der Waals surface area (Å²) in [6.07, 6.45) is 4.94. The standard InChI is InChI=1S/C27H42N10O5/c28-11-5-4-9-20(35-23(38)19(29)13-17-7-2-1-3-8-17)24(39)37-22(14-18-15-32-16-34-18)25(40)36-21(26(41)42)10-6-12-33-27(30)31/h1-3,7-8,15-16,19-22H,4-6,9-14,28-29H2,(H,32,34)(H,35,38)(H,36,40)(H,37,39)(H,41,42)(H4,30,31,33). The monoisotopic (exact) mass is 586 g/mol. The molecule has 0 saturated carbocycles. The van der Waals surface area contributed by atoms with Gasteiger partial charge in [0.1, 0.15) is 18.1 Å². The SMILES string of the molecule is NCCCCC(NC(=O)C(N)Cc1ccccc1)C(=O)NC(Cc1cnc[nH]1)C(=O)NC(CCCN=C(N)N)C(=O)O. The Kier molecular flexibility index (Phi) is 14.5. The predicted octanol–water partition coefficient (Wildman–Crippen LogP) is -1.76. The van der Waals surface area contributed by atoms with Crippen LogP contribution in [0.15, 0.2) is 47.8 Å². The number of imidazole rings is 1. The number of carbonyl (C=O) groups is 4. The number of aliphatic imine (C=N–C) groups is 1. The van der Waals surface area contributed by atoms with Crippen molar-refractivity contribution < 1.29 is 24.3 Å². The van der Waals surface area contributed by atoms with E-state index >= 15 is 0 Å². The van der Waals surface area contributed by atoms with Crippen LogP contribution in [0.25, 0.3) is 0 Å². The Labute approximate surface area is 244 Å². The van der Waals surface area contributed by atoms with Crippen molar-refractivity contribution in [2.24, 2.45) is 27.9 Å².